The standard InChI is InChI=1S/C44H25N5/c1-46-35-26-30(25-28(27-45)44(35)49-36-19-9-5-15-31(36)32-16-6-10-20-37(32)49)48-39-22-12-8-18-34(39)43-41(48)24-23-40-42(43)33-17-7-11-21-38(33)47(40)29-13-3-2-4-14-29/h2-26H. The number of hydrogen-bond donors (Lipinski definition) is 0. The number of para-hydroxylation sites is 5. The molecule has 3 heterocycles. The normalized spacial score (nSPS) is 11.6. The monoisotopic (exact) mass is 623 g/mol. The van der Waals surface area contributed by atoms with Crippen LogP contribution in [0.1, 0.15) is 5.56 Å². The Morgan fingerprint density at radius 1 is 0.449 bits per heavy atom. The summed E-state index contributed by atoms with van der Waals surface area (Å²) in [6, 6.07) is 54.6. The van der Waals surface area contributed by atoms with Gasteiger partial charge in [0.2, 0.25) is 5.69 Å². The van der Waals surface area contributed by atoms with Crippen molar-refractivity contribution in [2.75, 3.05) is 0 Å². The van der Waals surface area contributed by atoms with Crippen molar-refractivity contribution in [3.63, 3.8) is 0 Å². The molecule has 0 aliphatic rings. The van der Waals surface area contributed by atoms with Crippen LogP contribution < -0.4 is 0 Å². The van der Waals surface area contributed by atoms with E-state index in [1.54, 1.807) is 0 Å². The van der Waals surface area contributed by atoms with Crippen molar-refractivity contribution in [2.45, 2.75) is 0 Å². The van der Waals surface area contributed by atoms with Gasteiger partial charge in [-0.05, 0) is 60.7 Å². The molecular weight excluding hydrogens is 599 g/mol. The van der Waals surface area contributed by atoms with Crippen LogP contribution in [0.4, 0.5) is 5.69 Å². The zero-order valence-electron chi connectivity index (χ0n) is 26.2. The largest absolute Gasteiger partial charge is 0.318 e. The van der Waals surface area contributed by atoms with E-state index in [1.165, 1.54) is 10.8 Å². The summed E-state index contributed by atoms with van der Waals surface area (Å²) in [6.45, 7) is 8.40. The average molecular weight is 624 g/mol. The Kier molecular flexibility index (Phi) is 5.64. The molecule has 10 aromatic rings. The molecule has 0 atom stereocenters. The summed E-state index contributed by atoms with van der Waals surface area (Å²) >= 11 is 0. The Bertz CT molecular complexity index is 2980. The van der Waals surface area contributed by atoms with E-state index in [9.17, 15) is 5.26 Å². The zero-order valence-corrected chi connectivity index (χ0v) is 26.2. The lowest BCUT2D eigenvalue weighted by molar-refractivity contribution is 1.14. The van der Waals surface area contributed by atoms with Gasteiger partial charge in [0, 0.05) is 43.7 Å². The summed E-state index contributed by atoms with van der Waals surface area (Å²) in [5.74, 6) is 0. The third-order valence-corrected chi connectivity index (χ3v) is 9.86. The third-order valence-electron chi connectivity index (χ3n) is 9.86. The van der Waals surface area contributed by atoms with Gasteiger partial charge in [0.1, 0.15) is 6.07 Å². The van der Waals surface area contributed by atoms with Gasteiger partial charge in [0.15, 0.2) is 0 Å². The fraction of sp³-hybridized carbons (Fsp3) is 0. The Labute approximate surface area is 281 Å². The highest BCUT2D eigenvalue weighted by atomic mass is 15.0. The van der Waals surface area contributed by atoms with Gasteiger partial charge < -0.3 is 13.7 Å². The number of fused-ring (bicyclic) bond motifs is 10. The number of nitrogens with zero attached hydrogens (tertiary/aromatic N) is 5. The minimum atomic E-state index is 0.424. The lowest BCUT2D eigenvalue weighted by Crippen LogP contribution is -2.01. The lowest BCUT2D eigenvalue weighted by atomic mass is 10.1. The molecule has 0 radical (unpaired) electrons. The maximum Gasteiger partial charge on any atom is 0.214 e. The Hall–Kier alpha value is -7.08. The molecule has 0 aliphatic heterocycles. The third kappa shape index (κ3) is 3.67. The first-order chi connectivity index (χ1) is 24.3. The highest BCUT2D eigenvalue weighted by Gasteiger charge is 2.23. The molecule has 5 nitrogen and oxygen atoms in total. The molecule has 0 amide bonds. The molecular formula is C44H25N5. The molecule has 0 N–H and O–H groups in total. The average Bonchev–Trinajstić information content (AvgIpc) is 3.80. The van der Waals surface area contributed by atoms with Crippen LogP contribution in [0.25, 0.3) is 87.3 Å². The van der Waals surface area contributed by atoms with Crippen molar-refractivity contribution in [1.82, 2.24) is 13.7 Å². The molecule has 49 heavy (non-hydrogen) atoms. The number of aromatic nitrogens is 3. The molecule has 7 aromatic carbocycles. The maximum atomic E-state index is 10.7. The topological polar surface area (TPSA) is 42.9 Å². The van der Waals surface area contributed by atoms with Crippen LogP contribution in [0, 0.1) is 17.9 Å². The predicted octanol–water partition coefficient (Wildman–Crippen LogP) is 11.4. The SMILES string of the molecule is [C-]#[N+]c1cc(-n2c3ccccc3c3c4c5ccccc5n(-c5ccccc5)c4ccc32)cc(C#N)c1-n1c2ccccc2c2ccccc21. The van der Waals surface area contributed by atoms with Crippen LogP contribution >= 0.6 is 0 Å². The van der Waals surface area contributed by atoms with Crippen LogP contribution in [0.5, 0.6) is 0 Å². The number of hydrogen-bond acceptors (Lipinski definition) is 1. The van der Waals surface area contributed by atoms with E-state index in [4.69, 9.17) is 6.57 Å². The van der Waals surface area contributed by atoms with E-state index in [0.29, 0.717) is 16.9 Å². The molecule has 0 aliphatic carbocycles. The van der Waals surface area contributed by atoms with E-state index >= 15 is 0 Å². The maximum absolute atomic E-state index is 10.7. The van der Waals surface area contributed by atoms with Crippen LogP contribution in [-0.2, 0) is 0 Å². The van der Waals surface area contributed by atoms with Crippen molar-refractivity contribution in [1.29, 1.82) is 5.26 Å². The predicted molar refractivity (Wildman–Crippen MR) is 200 cm³/mol. The van der Waals surface area contributed by atoms with E-state index in [2.05, 4.69) is 134 Å². The Balaban J connectivity index is 1.31. The van der Waals surface area contributed by atoms with Gasteiger partial charge in [0.05, 0.1) is 50.9 Å². The lowest BCUT2D eigenvalue weighted by Gasteiger charge is -2.16. The summed E-state index contributed by atoms with van der Waals surface area (Å²) in [5.41, 5.74) is 9.61. The van der Waals surface area contributed by atoms with Gasteiger partial charge in [-0.15, -0.1) is 0 Å². The van der Waals surface area contributed by atoms with Gasteiger partial charge in [-0.2, -0.15) is 5.26 Å². The fourth-order valence-electron chi connectivity index (χ4n) is 7.95. The summed E-state index contributed by atoms with van der Waals surface area (Å²) in [7, 11) is 0. The summed E-state index contributed by atoms with van der Waals surface area (Å²) in [6.07, 6.45) is 0. The number of rotatable bonds is 3. The van der Waals surface area contributed by atoms with Crippen molar-refractivity contribution < 1.29 is 0 Å². The van der Waals surface area contributed by atoms with Gasteiger partial charge in [0.25, 0.3) is 0 Å². The fourth-order valence-corrected chi connectivity index (χ4v) is 7.95. The van der Waals surface area contributed by atoms with E-state index in [0.717, 1.165) is 66.0 Å². The van der Waals surface area contributed by atoms with Gasteiger partial charge in [-0.3, -0.25) is 0 Å². The Morgan fingerprint density at radius 3 is 1.41 bits per heavy atom. The van der Waals surface area contributed by atoms with Crippen molar-refractivity contribution in [3.8, 4) is 23.1 Å². The van der Waals surface area contributed by atoms with Gasteiger partial charge >= 0.3 is 0 Å². The molecule has 10 rings (SSSR count). The highest BCUT2D eigenvalue weighted by molar-refractivity contribution is 6.29. The molecule has 0 spiro atoms. The zero-order chi connectivity index (χ0) is 32.6. The molecule has 3 aromatic heterocycles. The number of benzene rings is 7. The summed E-state index contributed by atoms with van der Waals surface area (Å²) in [4.78, 5) is 4.07. The highest BCUT2D eigenvalue weighted by Crippen LogP contribution is 2.44. The second kappa shape index (κ2) is 10.2. The minimum Gasteiger partial charge on any atom is -0.318 e. The van der Waals surface area contributed by atoms with E-state index in [-0.39, 0.29) is 0 Å². The Morgan fingerprint density at radius 2 is 0.898 bits per heavy atom. The van der Waals surface area contributed by atoms with Crippen LogP contribution in [-0.4, -0.2) is 13.7 Å². The smallest absolute Gasteiger partial charge is 0.214 e. The molecule has 5 heteroatoms. The molecule has 0 bridgehead atoms. The quantitative estimate of drug-likeness (QED) is 0.181. The molecule has 226 valence electrons. The second-order valence-electron chi connectivity index (χ2n) is 12.3. The van der Waals surface area contributed by atoms with Gasteiger partial charge in [-0.25, -0.2) is 4.85 Å². The van der Waals surface area contributed by atoms with Crippen LogP contribution in [0.2, 0.25) is 0 Å². The molecule has 0 unspecified atom stereocenters. The molecule has 0 saturated heterocycles. The summed E-state index contributed by atoms with van der Waals surface area (Å²) in [5, 5.41) is 17.5. The molecule has 0 fully saturated rings. The molecule has 0 saturated carbocycles. The first-order valence-electron chi connectivity index (χ1n) is 16.2. The number of nitriles is 1. The van der Waals surface area contributed by atoms with Crippen molar-refractivity contribution >= 4 is 71.1 Å². The minimum absolute atomic E-state index is 0.424. The van der Waals surface area contributed by atoms with Crippen molar-refractivity contribution in [2.24, 2.45) is 0 Å². The summed E-state index contributed by atoms with van der Waals surface area (Å²) < 4.78 is 6.62. The second-order valence-corrected chi connectivity index (χ2v) is 12.3. The first-order valence-corrected chi connectivity index (χ1v) is 16.2. The first kappa shape index (κ1) is 27.1. The van der Waals surface area contributed by atoms with Crippen LogP contribution in [0.15, 0.2) is 152 Å². The van der Waals surface area contributed by atoms with Gasteiger partial charge in [-0.1, -0.05) is 91.0 Å². The van der Waals surface area contributed by atoms with E-state index in [1.807, 2.05) is 42.5 Å². The van der Waals surface area contributed by atoms with Crippen LogP contribution in [0.3, 0.4) is 0 Å². The van der Waals surface area contributed by atoms with Crippen molar-refractivity contribution in [3.05, 3.63) is 169 Å². The van der Waals surface area contributed by atoms with E-state index < -0.39 is 0 Å².